The second-order valence-corrected chi connectivity index (χ2v) is 3.27. The summed E-state index contributed by atoms with van der Waals surface area (Å²) in [7, 11) is 0. The maximum atomic E-state index is 12.7. The van der Waals surface area contributed by atoms with Gasteiger partial charge in [-0.25, -0.2) is 9.18 Å². The minimum Gasteiger partial charge on any atom is -0.485 e. The van der Waals surface area contributed by atoms with E-state index in [2.05, 4.69) is 4.98 Å². The maximum Gasteiger partial charge on any atom is 0.407 e. The van der Waals surface area contributed by atoms with E-state index in [1.165, 1.54) is 17.2 Å². The van der Waals surface area contributed by atoms with Gasteiger partial charge in [0.25, 0.3) is 0 Å². The molecule has 6 heteroatoms. The summed E-state index contributed by atoms with van der Waals surface area (Å²) in [5, 5.41) is 8.56. The number of carbonyl (C=O) groups is 1. The highest BCUT2D eigenvalue weighted by Gasteiger charge is 2.32. The molecule has 0 spiro atoms. The van der Waals surface area contributed by atoms with E-state index in [0.717, 1.165) is 6.20 Å². The molecule has 1 aliphatic rings. The number of hydrogen-bond donors (Lipinski definition) is 1. The molecule has 1 aliphatic heterocycles. The average molecular weight is 212 g/mol. The van der Waals surface area contributed by atoms with Crippen LogP contribution in [0.25, 0.3) is 0 Å². The number of pyridine rings is 1. The first kappa shape index (κ1) is 9.70. The fourth-order valence-electron chi connectivity index (χ4n) is 1.32. The van der Waals surface area contributed by atoms with Crippen LogP contribution >= 0.6 is 0 Å². The number of ether oxygens (including phenoxy) is 1. The molecule has 15 heavy (non-hydrogen) atoms. The summed E-state index contributed by atoms with van der Waals surface area (Å²) in [4.78, 5) is 15.3. The van der Waals surface area contributed by atoms with E-state index >= 15 is 0 Å². The summed E-state index contributed by atoms with van der Waals surface area (Å²) in [5.74, 6) is -0.146. The van der Waals surface area contributed by atoms with Crippen LogP contribution in [0.15, 0.2) is 18.5 Å². The first-order valence-electron chi connectivity index (χ1n) is 4.40. The Kier molecular flexibility index (Phi) is 2.40. The first-order valence-corrected chi connectivity index (χ1v) is 4.40. The van der Waals surface area contributed by atoms with Gasteiger partial charge in [-0.15, -0.1) is 0 Å². The number of halogens is 1. The predicted molar refractivity (Wildman–Crippen MR) is 48.2 cm³/mol. The van der Waals surface area contributed by atoms with Gasteiger partial charge < -0.3 is 14.7 Å². The number of hydrogen-bond acceptors (Lipinski definition) is 3. The number of likely N-dealkylation sites (tertiary alicyclic amines) is 1. The monoisotopic (exact) mass is 212 g/mol. The van der Waals surface area contributed by atoms with Crippen LogP contribution in [-0.2, 0) is 0 Å². The number of rotatable bonds is 2. The van der Waals surface area contributed by atoms with Gasteiger partial charge >= 0.3 is 6.09 Å². The zero-order valence-corrected chi connectivity index (χ0v) is 7.76. The van der Waals surface area contributed by atoms with Crippen molar-refractivity contribution < 1.29 is 19.0 Å². The number of aromatic nitrogens is 1. The molecule has 5 nitrogen and oxygen atoms in total. The molecule has 0 aliphatic carbocycles. The highest BCUT2D eigenvalue weighted by molar-refractivity contribution is 5.66. The molecule has 1 aromatic heterocycles. The van der Waals surface area contributed by atoms with Gasteiger partial charge in [-0.05, 0) is 0 Å². The van der Waals surface area contributed by atoms with E-state index in [9.17, 15) is 9.18 Å². The van der Waals surface area contributed by atoms with Gasteiger partial charge in [-0.2, -0.15) is 0 Å². The molecule has 1 N–H and O–H groups in total. The SMILES string of the molecule is O=C(O)N1CC(Oc2cncc(F)c2)C1. The van der Waals surface area contributed by atoms with E-state index in [-0.39, 0.29) is 6.10 Å². The van der Waals surface area contributed by atoms with Crippen molar-refractivity contribution in [2.75, 3.05) is 13.1 Å². The topological polar surface area (TPSA) is 62.7 Å². The van der Waals surface area contributed by atoms with Crippen molar-refractivity contribution in [2.45, 2.75) is 6.10 Å². The fourth-order valence-corrected chi connectivity index (χ4v) is 1.32. The molecule has 1 fully saturated rings. The third-order valence-electron chi connectivity index (χ3n) is 2.10. The van der Waals surface area contributed by atoms with Crippen molar-refractivity contribution in [1.82, 2.24) is 9.88 Å². The second kappa shape index (κ2) is 3.72. The Balaban J connectivity index is 1.87. The fraction of sp³-hybridized carbons (Fsp3) is 0.333. The predicted octanol–water partition coefficient (Wildman–Crippen LogP) is 0.962. The van der Waals surface area contributed by atoms with Crippen LogP contribution in [0.1, 0.15) is 0 Å². The van der Waals surface area contributed by atoms with Crippen molar-refractivity contribution in [3.05, 3.63) is 24.3 Å². The lowest BCUT2D eigenvalue weighted by Gasteiger charge is -2.36. The van der Waals surface area contributed by atoms with Gasteiger partial charge in [-0.1, -0.05) is 0 Å². The summed E-state index contributed by atoms with van der Waals surface area (Å²) < 4.78 is 18.0. The summed E-state index contributed by atoms with van der Waals surface area (Å²) >= 11 is 0. The highest BCUT2D eigenvalue weighted by Crippen LogP contribution is 2.17. The lowest BCUT2D eigenvalue weighted by molar-refractivity contribution is 0.0248. The Morgan fingerprint density at radius 2 is 2.33 bits per heavy atom. The van der Waals surface area contributed by atoms with Gasteiger partial charge in [-0.3, -0.25) is 4.98 Å². The first-order chi connectivity index (χ1) is 7.15. The lowest BCUT2D eigenvalue weighted by Crippen LogP contribution is -2.55. The Bertz CT molecular complexity index is 379. The van der Waals surface area contributed by atoms with Crippen LogP contribution in [0, 0.1) is 5.82 Å². The molecule has 0 bridgehead atoms. The van der Waals surface area contributed by atoms with Gasteiger partial charge in [0.05, 0.1) is 25.5 Å². The smallest absolute Gasteiger partial charge is 0.407 e. The van der Waals surface area contributed by atoms with E-state index in [0.29, 0.717) is 18.8 Å². The molecule has 0 radical (unpaired) electrons. The Morgan fingerprint density at radius 3 is 2.93 bits per heavy atom. The van der Waals surface area contributed by atoms with Crippen LogP contribution < -0.4 is 4.74 Å². The molecule has 80 valence electrons. The summed E-state index contributed by atoms with van der Waals surface area (Å²) in [5.41, 5.74) is 0. The number of amides is 1. The van der Waals surface area contributed by atoms with Crippen molar-refractivity contribution in [1.29, 1.82) is 0 Å². The van der Waals surface area contributed by atoms with Crippen molar-refractivity contribution in [3.63, 3.8) is 0 Å². The molecule has 1 aromatic rings. The van der Waals surface area contributed by atoms with Gasteiger partial charge in [0.1, 0.15) is 17.7 Å². The van der Waals surface area contributed by atoms with Crippen LogP contribution in [0.3, 0.4) is 0 Å². The molecule has 0 aromatic carbocycles. The van der Waals surface area contributed by atoms with Crippen molar-refractivity contribution in [2.24, 2.45) is 0 Å². The van der Waals surface area contributed by atoms with E-state index in [1.54, 1.807) is 0 Å². The molecule has 0 saturated carbocycles. The standard InChI is InChI=1S/C9H9FN2O3/c10-6-1-7(3-11-2-6)15-8-4-12(5-8)9(13)14/h1-3,8H,4-5H2,(H,13,14). The average Bonchev–Trinajstić information content (AvgIpc) is 2.10. The van der Waals surface area contributed by atoms with Crippen LogP contribution in [0.2, 0.25) is 0 Å². The Morgan fingerprint density at radius 1 is 1.60 bits per heavy atom. The number of nitrogens with zero attached hydrogens (tertiary/aromatic N) is 2. The third-order valence-corrected chi connectivity index (χ3v) is 2.10. The third kappa shape index (κ3) is 2.15. The van der Waals surface area contributed by atoms with E-state index in [4.69, 9.17) is 9.84 Å². The minimum absolute atomic E-state index is 0.204. The maximum absolute atomic E-state index is 12.7. The molecule has 2 rings (SSSR count). The lowest BCUT2D eigenvalue weighted by atomic mass is 10.2. The van der Waals surface area contributed by atoms with Crippen LogP contribution in [0.4, 0.5) is 9.18 Å². The molecule has 0 unspecified atom stereocenters. The molecule has 2 heterocycles. The summed E-state index contributed by atoms with van der Waals surface area (Å²) in [6.07, 6.45) is 1.31. The largest absolute Gasteiger partial charge is 0.485 e. The van der Waals surface area contributed by atoms with Crippen molar-refractivity contribution >= 4 is 6.09 Å². The Labute approximate surface area is 85.1 Å². The highest BCUT2D eigenvalue weighted by atomic mass is 19.1. The zero-order chi connectivity index (χ0) is 10.8. The van der Waals surface area contributed by atoms with Crippen LogP contribution in [-0.4, -0.2) is 40.3 Å². The molecular weight excluding hydrogens is 203 g/mol. The molecular formula is C9H9FN2O3. The van der Waals surface area contributed by atoms with Crippen LogP contribution in [0.5, 0.6) is 5.75 Å². The number of carboxylic acid groups (broad SMARTS) is 1. The van der Waals surface area contributed by atoms with Gasteiger partial charge in [0, 0.05) is 6.07 Å². The second-order valence-electron chi connectivity index (χ2n) is 3.27. The van der Waals surface area contributed by atoms with Gasteiger partial charge in [0.15, 0.2) is 0 Å². The summed E-state index contributed by atoms with van der Waals surface area (Å²) in [6, 6.07) is 1.22. The minimum atomic E-state index is -0.966. The van der Waals surface area contributed by atoms with E-state index < -0.39 is 11.9 Å². The summed E-state index contributed by atoms with van der Waals surface area (Å²) in [6.45, 7) is 0.623. The normalized spacial score (nSPS) is 15.9. The molecule has 1 saturated heterocycles. The van der Waals surface area contributed by atoms with Gasteiger partial charge in [0.2, 0.25) is 0 Å². The Hall–Kier alpha value is -1.85. The van der Waals surface area contributed by atoms with E-state index in [1.807, 2.05) is 0 Å². The van der Waals surface area contributed by atoms with Crippen molar-refractivity contribution in [3.8, 4) is 5.75 Å². The zero-order valence-electron chi connectivity index (χ0n) is 7.76. The molecule has 0 atom stereocenters. The molecule has 1 amide bonds. The quantitative estimate of drug-likeness (QED) is 0.793.